The summed E-state index contributed by atoms with van der Waals surface area (Å²) in [6.07, 6.45) is 1.98. The van der Waals surface area contributed by atoms with Crippen molar-refractivity contribution in [2.24, 2.45) is 5.41 Å². The van der Waals surface area contributed by atoms with E-state index in [2.05, 4.69) is 5.32 Å². The molecule has 0 aromatic heterocycles. The van der Waals surface area contributed by atoms with Gasteiger partial charge in [0.05, 0.1) is 13.2 Å². The topological polar surface area (TPSA) is 67.9 Å². The highest BCUT2D eigenvalue weighted by molar-refractivity contribution is 5.98. The van der Waals surface area contributed by atoms with Crippen LogP contribution in [-0.4, -0.2) is 43.1 Å². The van der Waals surface area contributed by atoms with Crippen LogP contribution in [0, 0.1) is 5.41 Å². The summed E-state index contributed by atoms with van der Waals surface area (Å²) in [5, 5.41) is 2.90. The van der Waals surface area contributed by atoms with E-state index in [0.29, 0.717) is 24.3 Å². The van der Waals surface area contributed by atoms with Crippen molar-refractivity contribution in [3.63, 3.8) is 0 Å². The van der Waals surface area contributed by atoms with Crippen LogP contribution in [0.1, 0.15) is 49.5 Å². The second kappa shape index (κ2) is 9.96. The van der Waals surface area contributed by atoms with E-state index in [9.17, 15) is 9.59 Å². The number of anilines is 1. The molecule has 3 rings (SSSR count). The van der Waals surface area contributed by atoms with E-state index in [0.717, 1.165) is 30.8 Å². The minimum Gasteiger partial charge on any atom is -0.496 e. The number of methoxy groups -OCH3 is 1. The quantitative estimate of drug-likeness (QED) is 0.711. The number of nitrogens with zero attached hydrogens (tertiary/aromatic N) is 1. The molecule has 0 radical (unpaired) electrons. The van der Waals surface area contributed by atoms with Gasteiger partial charge in [0, 0.05) is 41.9 Å². The Morgan fingerprint density at radius 3 is 2.61 bits per heavy atom. The Labute approximate surface area is 184 Å². The molecule has 2 amide bonds. The molecule has 166 valence electrons. The summed E-state index contributed by atoms with van der Waals surface area (Å²) >= 11 is 0. The second-order valence-electron chi connectivity index (χ2n) is 8.92. The smallest absolute Gasteiger partial charge is 0.254 e. The minimum absolute atomic E-state index is 0.0300. The van der Waals surface area contributed by atoms with E-state index in [1.54, 1.807) is 36.3 Å². The van der Waals surface area contributed by atoms with Crippen LogP contribution >= 0.6 is 0 Å². The van der Waals surface area contributed by atoms with Crippen molar-refractivity contribution >= 4 is 17.5 Å². The van der Waals surface area contributed by atoms with Crippen molar-refractivity contribution in [2.45, 2.75) is 46.3 Å². The Morgan fingerprint density at radius 1 is 1.16 bits per heavy atom. The first-order chi connectivity index (χ1) is 14.8. The van der Waals surface area contributed by atoms with Crippen LogP contribution in [-0.2, 0) is 16.1 Å². The van der Waals surface area contributed by atoms with Crippen molar-refractivity contribution in [2.75, 3.05) is 25.6 Å². The predicted molar refractivity (Wildman–Crippen MR) is 121 cm³/mol. The molecule has 1 fully saturated rings. The first-order valence-electron chi connectivity index (χ1n) is 10.7. The third-order valence-corrected chi connectivity index (χ3v) is 5.34. The zero-order valence-electron chi connectivity index (χ0n) is 18.8. The number of nitrogens with one attached hydrogen (secondary N) is 1. The van der Waals surface area contributed by atoms with E-state index in [-0.39, 0.29) is 17.9 Å². The average molecular weight is 425 g/mol. The molecule has 0 bridgehead atoms. The fourth-order valence-electron chi connectivity index (χ4n) is 3.52. The van der Waals surface area contributed by atoms with Gasteiger partial charge in [-0.25, -0.2) is 0 Å². The minimum atomic E-state index is -0.518. The third-order valence-electron chi connectivity index (χ3n) is 5.34. The monoisotopic (exact) mass is 424 g/mol. The lowest BCUT2D eigenvalue weighted by atomic mass is 9.95. The van der Waals surface area contributed by atoms with Crippen LogP contribution in [0.5, 0.6) is 5.75 Å². The average Bonchev–Trinajstić information content (AvgIpc) is 3.26. The fourth-order valence-corrected chi connectivity index (χ4v) is 3.52. The number of carbonyl (C=O) groups excluding carboxylic acids is 2. The predicted octanol–water partition coefficient (Wildman–Crippen LogP) is 4.50. The molecule has 6 heteroatoms. The molecule has 1 N–H and O–H groups in total. The number of carbonyl (C=O) groups is 2. The summed E-state index contributed by atoms with van der Waals surface area (Å²) in [6.45, 7) is 7.22. The molecular formula is C25H32N2O4. The molecule has 1 aliphatic heterocycles. The standard InChI is InChI=1S/C25H32N2O4/c1-25(2,3)24(29)26-20-11-7-10-18(15-20)23(28)27(17-21-12-8-14-31-21)16-19-9-5-6-13-22(19)30-4/h5-7,9-11,13,15,21H,8,12,14,16-17H2,1-4H3,(H,26,29). The highest BCUT2D eigenvalue weighted by Gasteiger charge is 2.25. The second-order valence-corrected chi connectivity index (χ2v) is 8.92. The lowest BCUT2D eigenvalue weighted by molar-refractivity contribution is -0.123. The maximum Gasteiger partial charge on any atom is 0.254 e. The summed E-state index contributed by atoms with van der Waals surface area (Å²) in [7, 11) is 1.63. The lowest BCUT2D eigenvalue weighted by Gasteiger charge is -2.26. The number of amides is 2. The summed E-state index contributed by atoms with van der Waals surface area (Å²) in [5.41, 5.74) is 1.56. The lowest BCUT2D eigenvalue weighted by Crippen LogP contribution is -2.37. The molecular weight excluding hydrogens is 392 g/mol. The first-order valence-corrected chi connectivity index (χ1v) is 10.7. The zero-order chi connectivity index (χ0) is 22.4. The maximum absolute atomic E-state index is 13.5. The molecule has 6 nitrogen and oxygen atoms in total. The van der Waals surface area contributed by atoms with Crippen molar-refractivity contribution in [1.29, 1.82) is 0 Å². The van der Waals surface area contributed by atoms with Crippen molar-refractivity contribution in [1.82, 2.24) is 4.90 Å². The normalized spacial score (nSPS) is 16.1. The van der Waals surface area contributed by atoms with Gasteiger partial charge in [0.15, 0.2) is 0 Å². The number of ether oxygens (including phenoxy) is 2. The van der Waals surface area contributed by atoms with Gasteiger partial charge in [0.2, 0.25) is 5.91 Å². The largest absolute Gasteiger partial charge is 0.496 e. The number of benzene rings is 2. The molecule has 0 saturated carbocycles. The fraction of sp³-hybridized carbons (Fsp3) is 0.440. The van der Waals surface area contributed by atoms with Gasteiger partial charge in [-0.2, -0.15) is 0 Å². The van der Waals surface area contributed by atoms with Gasteiger partial charge in [-0.3, -0.25) is 9.59 Å². The van der Waals surface area contributed by atoms with Gasteiger partial charge in [0.25, 0.3) is 5.91 Å². The van der Waals surface area contributed by atoms with Crippen LogP contribution < -0.4 is 10.1 Å². The zero-order valence-corrected chi connectivity index (χ0v) is 18.8. The highest BCUT2D eigenvalue weighted by Crippen LogP contribution is 2.24. The molecule has 31 heavy (non-hydrogen) atoms. The summed E-state index contributed by atoms with van der Waals surface area (Å²) in [5.74, 6) is 0.550. The Kier molecular flexibility index (Phi) is 7.33. The van der Waals surface area contributed by atoms with Crippen LogP contribution in [0.3, 0.4) is 0 Å². The number of hydrogen-bond acceptors (Lipinski definition) is 4. The SMILES string of the molecule is COc1ccccc1CN(CC1CCCO1)C(=O)c1cccc(NC(=O)C(C)(C)C)c1. The van der Waals surface area contributed by atoms with E-state index >= 15 is 0 Å². The van der Waals surface area contributed by atoms with E-state index in [1.165, 1.54) is 0 Å². The molecule has 0 spiro atoms. The van der Waals surface area contributed by atoms with Crippen molar-refractivity contribution < 1.29 is 19.1 Å². The van der Waals surface area contributed by atoms with Gasteiger partial charge in [-0.05, 0) is 37.1 Å². The molecule has 0 aliphatic carbocycles. The van der Waals surface area contributed by atoms with Gasteiger partial charge >= 0.3 is 0 Å². The van der Waals surface area contributed by atoms with E-state index in [4.69, 9.17) is 9.47 Å². The van der Waals surface area contributed by atoms with Gasteiger partial charge in [-0.1, -0.05) is 45.0 Å². The summed E-state index contributed by atoms with van der Waals surface area (Å²) < 4.78 is 11.3. The Hall–Kier alpha value is -2.86. The third kappa shape index (κ3) is 6.07. The molecule has 1 aliphatic rings. The summed E-state index contributed by atoms with van der Waals surface area (Å²) in [6, 6.07) is 14.8. The molecule has 1 unspecified atom stereocenters. The van der Waals surface area contributed by atoms with Crippen molar-refractivity contribution in [3.8, 4) is 5.75 Å². The number of hydrogen-bond donors (Lipinski definition) is 1. The number of para-hydroxylation sites is 1. The van der Waals surface area contributed by atoms with E-state index in [1.807, 2.05) is 45.0 Å². The van der Waals surface area contributed by atoms with Crippen LogP contribution in [0.25, 0.3) is 0 Å². The van der Waals surface area contributed by atoms with E-state index < -0.39 is 5.41 Å². The molecule has 2 aromatic carbocycles. The Bertz CT molecular complexity index is 914. The number of rotatable bonds is 7. The molecule has 1 saturated heterocycles. The van der Waals surface area contributed by atoms with Gasteiger partial charge in [0.1, 0.15) is 5.75 Å². The first kappa shape index (κ1) is 22.8. The van der Waals surface area contributed by atoms with Gasteiger partial charge < -0.3 is 19.7 Å². The van der Waals surface area contributed by atoms with Crippen molar-refractivity contribution in [3.05, 3.63) is 59.7 Å². The Balaban J connectivity index is 1.83. The maximum atomic E-state index is 13.5. The Morgan fingerprint density at radius 2 is 1.94 bits per heavy atom. The molecule has 1 heterocycles. The van der Waals surface area contributed by atoms with Crippen LogP contribution in [0.2, 0.25) is 0 Å². The van der Waals surface area contributed by atoms with Gasteiger partial charge in [-0.15, -0.1) is 0 Å². The van der Waals surface area contributed by atoms with Crippen LogP contribution in [0.15, 0.2) is 48.5 Å². The molecule has 2 aromatic rings. The molecule has 1 atom stereocenters. The highest BCUT2D eigenvalue weighted by atomic mass is 16.5. The summed E-state index contributed by atoms with van der Waals surface area (Å²) in [4.78, 5) is 27.6. The van der Waals surface area contributed by atoms with Crippen LogP contribution in [0.4, 0.5) is 5.69 Å².